The number of hydrogen-bond acceptors (Lipinski definition) is 2. The summed E-state index contributed by atoms with van der Waals surface area (Å²) < 4.78 is 4.90. The zero-order valence-electron chi connectivity index (χ0n) is 8.62. The largest absolute Gasteiger partial charge is 0.383 e. The average Bonchev–Trinajstić information content (AvgIpc) is 2.11. The molecule has 0 aliphatic carbocycles. The van der Waals surface area contributed by atoms with Crippen LogP contribution in [0.15, 0.2) is 12.7 Å². The van der Waals surface area contributed by atoms with Gasteiger partial charge in [-0.3, -0.25) is 0 Å². The number of carbonyl (C=O) groups excluding carboxylic acids is 1. The summed E-state index contributed by atoms with van der Waals surface area (Å²) in [6, 6.07) is -0.0167. The van der Waals surface area contributed by atoms with Crippen molar-refractivity contribution < 1.29 is 9.53 Å². The van der Waals surface area contributed by atoms with Crippen LogP contribution in [0.2, 0.25) is 0 Å². The molecule has 0 atom stereocenters. The van der Waals surface area contributed by atoms with Crippen LogP contribution in [0.4, 0.5) is 4.79 Å². The minimum atomic E-state index is -0.0167. The van der Waals surface area contributed by atoms with Gasteiger partial charge in [-0.05, 0) is 0 Å². The van der Waals surface area contributed by atoms with E-state index in [4.69, 9.17) is 4.74 Å². The molecular weight excluding hydrogens is 168 g/mol. The fraction of sp³-hybridized carbons (Fsp3) is 0.667. The molecule has 0 N–H and O–H groups in total. The maximum Gasteiger partial charge on any atom is 0.319 e. The van der Waals surface area contributed by atoms with Crippen molar-refractivity contribution in [2.45, 2.75) is 0 Å². The molecule has 13 heavy (non-hydrogen) atoms. The summed E-state index contributed by atoms with van der Waals surface area (Å²) in [5.41, 5.74) is 0. The number of carbonyl (C=O) groups is 1. The monoisotopic (exact) mass is 186 g/mol. The van der Waals surface area contributed by atoms with Crippen molar-refractivity contribution in [1.82, 2.24) is 9.80 Å². The van der Waals surface area contributed by atoms with Gasteiger partial charge in [-0.25, -0.2) is 4.79 Å². The van der Waals surface area contributed by atoms with Crippen LogP contribution in [0, 0.1) is 0 Å². The van der Waals surface area contributed by atoms with Gasteiger partial charge in [-0.2, -0.15) is 0 Å². The molecule has 0 spiro atoms. The molecule has 0 aliphatic rings. The van der Waals surface area contributed by atoms with Gasteiger partial charge in [0.2, 0.25) is 0 Å². The Balaban J connectivity index is 4.06. The Hall–Kier alpha value is -1.03. The van der Waals surface area contributed by atoms with Gasteiger partial charge in [0.15, 0.2) is 0 Å². The molecule has 0 aromatic carbocycles. The van der Waals surface area contributed by atoms with E-state index in [0.29, 0.717) is 19.7 Å². The Morgan fingerprint density at radius 2 is 2.15 bits per heavy atom. The maximum atomic E-state index is 11.5. The average molecular weight is 186 g/mol. The van der Waals surface area contributed by atoms with Crippen LogP contribution in [0.25, 0.3) is 0 Å². The molecule has 0 rings (SSSR count). The third-order valence-corrected chi connectivity index (χ3v) is 1.57. The Bertz CT molecular complexity index is 169. The Morgan fingerprint density at radius 3 is 2.54 bits per heavy atom. The van der Waals surface area contributed by atoms with E-state index in [2.05, 4.69) is 6.58 Å². The lowest BCUT2D eigenvalue weighted by Crippen LogP contribution is -2.41. The van der Waals surface area contributed by atoms with E-state index in [1.807, 2.05) is 0 Å². The molecule has 2 amide bonds. The normalized spacial score (nSPS) is 9.46. The Morgan fingerprint density at radius 1 is 1.54 bits per heavy atom. The second-order valence-electron chi connectivity index (χ2n) is 2.90. The topological polar surface area (TPSA) is 32.8 Å². The molecule has 0 unspecified atom stereocenters. The fourth-order valence-electron chi connectivity index (χ4n) is 0.905. The summed E-state index contributed by atoms with van der Waals surface area (Å²) in [5, 5.41) is 0. The predicted octanol–water partition coefficient (Wildman–Crippen LogP) is 0.802. The van der Waals surface area contributed by atoms with Crippen molar-refractivity contribution in [3.05, 3.63) is 12.7 Å². The summed E-state index contributed by atoms with van der Waals surface area (Å²) in [5.74, 6) is 0. The predicted molar refractivity (Wildman–Crippen MR) is 52.7 cm³/mol. The minimum Gasteiger partial charge on any atom is -0.383 e. The SMILES string of the molecule is C=CCN(CCOC)C(=O)N(C)C. The number of urea groups is 1. The van der Waals surface area contributed by atoms with Gasteiger partial charge in [0.05, 0.1) is 6.61 Å². The summed E-state index contributed by atoms with van der Waals surface area (Å²) >= 11 is 0. The van der Waals surface area contributed by atoms with Gasteiger partial charge in [0.1, 0.15) is 0 Å². The quantitative estimate of drug-likeness (QED) is 0.595. The van der Waals surface area contributed by atoms with E-state index < -0.39 is 0 Å². The van der Waals surface area contributed by atoms with Crippen molar-refractivity contribution in [2.24, 2.45) is 0 Å². The molecule has 4 nitrogen and oxygen atoms in total. The highest BCUT2D eigenvalue weighted by molar-refractivity contribution is 5.73. The molecule has 0 fully saturated rings. The maximum absolute atomic E-state index is 11.5. The molecule has 4 heteroatoms. The van der Waals surface area contributed by atoms with E-state index in [9.17, 15) is 4.79 Å². The summed E-state index contributed by atoms with van der Waals surface area (Å²) in [6.45, 7) is 5.30. The molecular formula is C9H18N2O2. The van der Waals surface area contributed by atoms with Gasteiger partial charge < -0.3 is 14.5 Å². The van der Waals surface area contributed by atoms with Crippen LogP contribution < -0.4 is 0 Å². The molecule has 0 aromatic rings. The lowest BCUT2D eigenvalue weighted by molar-refractivity contribution is 0.140. The molecule has 0 aliphatic heterocycles. The number of ether oxygens (including phenoxy) is 1. The second-order valence-corrected chi connectivity index (χ2v) is 2.90. The van der Waals surface area contributed by atoms with Gasteiger partial charge in [-0.1, -0.05) is 6.08 Å². The highest BCUT2D eigenvalue weighted by atomic mass is 16.5. The third-order valence-electron chi connectivity index (χ3n) is 1.57. The number of nitrogens with zero attached hydrogens (tertiary/aromatic N) is 2. The zero-order chi connectivity index (χ0) is 10.3. The van der Waals surface area contributed by atoms with Crippen molar-refractivity contribution in [2.75, 3.05) is 40.9 Å². The summed E-state index contributed by atoms with van der Waals surface area (Å²) in [4.78, 5) is 14.7. The molecule has 0 saturated heterocycles. The number of hydrogen-bond donors (Lipinski definition) is 0. The first-order valence-corrected chi connectivity index (χ1v) is 4.19. The lowest BCUT2D eigenvalue weighted by Gasteiger charge is -2.24. The van der Waals surface area contributed by atoms with Crippen LogP contribution in [-0.2, 0) is 4.74 Å². The van der Waals surface area contributed by atoms with Crippen molar-refractivity contribution in [1.29, 1.82) is 0 Å². The molecule has 0 bridgehead atoms. The van der Waals surface area contributed by atoms with Crippen LogP contribution in [0.3, 0.4) is 0 Å². The van der Waals surface area contributed by atoms with Crippen LogP contribution in [-0.4, -0.2) is 56.7 Å². The smallest absolute Gasteiger partial charge is 0.319 e. The molecule has 0 aromatic heterocycles. The Labute approximate surface area is 79.8 Å². The first-order valence-electron chi connectivity index (χ1n) is 4.19. The molecule has 76 valence electrons. The van der Waals surface area contributed by atoms with E-state index in [1.165, 1.54) is 0 Å². The highest BCUT2D eigenvalue weighted by Crippen LogP contribution is 1.94. The standard InChI is InChI=1S/C9H18N2O2/c1-5-6-11(7-8-13-4)9(12)10(2)3/h5H,1,6-8H2,2-4H3. The van der Waals surface area contributed by atoms with Crippen molar-refractivity contribution >= 4 is 6.03 Å². The second kappa shape index (κ2) is 6.48. The van der Waals surface area contributed by atoms with Gasteiger partial charge >= 0.3 is 6.03 Å². The van der Waals surface area contributed by atoms with E-state index >= 15 is 0 Å². The van der Waals surface area contributed by atoms with Gasteiger partial charge in [0, 0.05) is 34.3 Å². The molecule has 0 heterocycles. The van der Waals surface area contributed by atoms with E-state index in [0.717, 1.165) is 0 Å². The van der Waals surface area contributed by atoms with Crippen molar-refractivity contribution in [3.8, 4) is 0 Å². The first-order chi connectivity index (χ1) is 6.13. The van der Waals surface area contributed by atoms with Gasteiger partial charge in [-0.15, -0.1) is 6.58 Å². The number of amides is 2. The van der Waals surface area contributed by atoms with Crippen LogP contribution >= 0.6 is 0 Å². The lowest BCUT2D eigenvalue weighted by atomic mass is 10.5. The fourth-order valence-corrected chi connectivity index (χ4v) is 0.905. The van der Waals surface area contributed by atoms with E-state index in [1.54, 1.807) is 37.1 Å². The zero-order valence-corrected chi connectivity index (χ0v) is 8.62. The van der Waals surface area contributed by atoms with Crippen LogP contribution in [0.5, 0.6) is 0 Å². The first kappa shape index (κ1) is 12.0. The number of methoxy groups -OCH3 is 1. The minimum absolute atomic E-state index is 0.0167. The van der Waals surface area contributed by atoms with Gasteiger partial charge in [0.25, 0.3) is 0 Å². The van der Waals surface area contributed by atoms with E-state index in [-0.39, 0.29) is 6.03 Å². The number of rotatable bonds is 5. The highest BCUT2D eigenvalue weighted by Gasteiger charge is 2.12. The summed E-state index contributed by atoms with van der Waals surface area (Å²) in [7, 11) is 5.07. The summed E-state index contributed by atoms with van der Waals surface area (Å²) in [6.07, 6.45) is 1.71. The van der Waals surface area contributed by atoms with Crippen molar-refractivity contribution in [3.63, 3.8) is 0 Å². The molecule has 0 radical (unpaired) electrons. The molecule has 0 saturated carbocycles. The van der Waals surface area contributed by atoms with Crippen LogP contribution in [0.1, 0.15) is 0 Å². The third kappa shape index (κ3) is 4.52. The Kier molecular flexibility index (Phi) is 5.97.